The molecule has 1 saturated carbocycles. The molecule has 3 rings (SSSR count). The lowest BCUT2D eigenvalue weighted by Crippen LogP contribution is -2.23. The van der Waals surface area contributed by atoms with Gasteiger partial charge in [-0.2, -0.15) is 0 Å². The molecule has 1 aromatic rings. The highest BCUT2D eigenvalue weighted by atomic mass is 79.9. The van der Waals surface area contributed by atoms with E-state index >= 15 is 0 Å². The predicted molar refractivity (Wildman–Crippen MR) is 59.0 cm³/mol. The summed E-state index contributed by atoms with van der Waals surface area (Å²) >= 11 is 3.29. The number of anilines is 1. The number of benzene rings is 1. The van der Waals surface area contributed by atoms with Crippen molar-refractivity contribution in [2.45, 2.75) is 5.41 Å². The largest absolute Gasteiger partial charge is 0.325 e. The number of Topliss-reactive ketones (excluding diaryl/α,β-unsaturated/α-hetero) is 1. The van der Waals surface area contributed by atoms with Crippen molar-refractivity contribution in [3.63, 3.8) is 0 Å². The number of hydrogen-bond acceptors (Lipinski definition) is 3. The van der Waals surface area contributed by atoms with Gasteiger partial charge >= 0.3 is 0 Å². The molecule has 1 fully saturated rings. The Morgan fingerprint density at radius 2 is 2.12 bits per heavy atom. The van der Waals surface area contributed by atoms with Crippen LogP contribution < -0.4 is 5.32 Å². The average molecular weight is 280 g/mol. The lowest BCUT2D eigenvalue weighted by atomic mass is 9.95. The molecule has 1 N–H and O–H groups in total. The van der Waals surface area contributed by atoms with E-state index in [0.717, 1.165) is 4.47 Å². The van der Waals surface area contributed by atoms with E-state index in [1.54, 1.807) is 18.2 Å². The first-order valence-corrected chi connectivity index (χ1v) is 5.52. The molecule has 0 radical (unpaired) electrons. The van der Waals surface area contributed by atoms with Crippen molar-refractivity contribution in [1.82, 2.24) is 0 Å². The van der Waals surface area contributed by atoms with Crippen molar-refractivity contribution < 1.29 is 14.4 Å². The molecule has 1 spiro atoms. The van der Waals surface area contributed by atoms with Crippen molar-refractivity contribution in [3.05, 3.63) is 28.2 Å². The Balaban J connectivity index is 2.25. The van der Waals surface area contributed by atoms with Gasteiger partial charge < -0.3 is 10.1 Å². The smallest absolute Gasteiger partial charge is 0.243 e. The summed E-state index contributed by atoms with van der Waals surface area (Å²) in [6, 6.07) is 5.22. The van der Waals surface area contributed by atoms with E-state index in [1.165, 1.54) is 0 Å². The van der Waals surface area contributed by atoms with Crippen LogP contribution in [0.1, 0.15) is 5.56 Å². The van der Waals surface area contributed by atoms with Gasteiger partial charge in [0.1, 0.15) is 12.2 Å². The van der Waals surface area contributed by atoms with Gasteiger partial charge in [-0.25, -0.2) is 0 Å². The molecular formula is C11H6BrNO3. The number of nitrogens with one attached hydrogen (secondary N) is 1. The van der Waals surface area contributed by atoms with Gasteiger partial charge in [0.05, 0.1) is 0 Å². The monoisotopic (exact) mass is 279 g/mol. The summed E-state index contributed by atoms with van der Waals surface area (Å²) in [6.45, 7) is 0. The number of aldehydes is 1. The second-order valence-electron chi connectivity index (χ2n) is 3.93. The van der Waals surface area contributed by atoms with Crippen molar-refractivity contribution in [3.8, 4) is 0 Å². The fraction of sp³-hybridized carbons (Fsp3) is 0.182. The number of halogens is 1. The van der Waals surface area contributed by atoms with Gasteiger partial charge in [-0.15, -0.1) is 0 Å². The van der Waals surface area contributed by atoms with Gasteiger partial charge in [0.15, 0.2) is 11.2 Å². The normalized spacial score (nSPS) is 30.2. The number of fused-ring (bicyclic) bond motifs is 2. The maximum atomic E-state index is 11.8. The zero-order valence-electron chi connectivity index (χ0n) is 7.99. The summed E-state index contributed by atoms with van der Waals surface area (Å²) in [5.74, 6) is -1.51. The first kappa shape index (κ1) is 9.72. The third kappa shape index (κ3) is 0.875. The lowest BCUT2D eigenvalue weighted by Gasteiger charge is -2.02. The molecule has 5 heteroatoms. The summed E-state index contributed by atoms with van der Waals surface area (Å²) in [6.07, 6.45) is 0.553. The molecule has 16 heavy (non-hydrogen) atoms. The molecule has 2 aliphatic rings. The number of carbonyl (C=O) groups excluding carboxylic acids is 3. The van der Waals surface area contributed by atoms with Gasteiger partial charge in [-0.1, -0.05) is 15.9 Å². The third-order valence-electron chi connectivity index (χ3n) is 3.20. The van der Waals surface area contributed by atoms with Crippen LogP contribution in [0.4, 0.5) is 5.69 Å². The van der Waals surface area contributed by atoms with E-state index in [1.807, 2.05) is 0 Å². The fourth-order valence-electron chi connectivity index (χ4n) is 2.34. The topological polar surface area (TPSA) is 63.2 Å². The van der Waals surface area contributed by atoms with Gasteiger partial charge in [0, 0.05) is 15.7 Å². The molecule has 1 aliphatic heterocycles. The number of hydrogen-bond donors (Lipinski definition) is 1. The van der Waals surface area contributed by atoms with E-state index in [2.05, 4.69) is 21.2 Å². The number of amides is 1. The second kappa shape index (κ2) is 2.79. The summed E-state index contributed by atoms with van der Waals surface area (Å²) in [4.78, 5) is 34.2. The van der Waals surface area contributed by atoms with E-state index in [0.29, 0.717) is 17.5 Å². The summed E-state index contributed by atoms with van der Waals surface area (Å²) < 4.78 is 0.784. The number of carbonyl (C=O) groups is 3. The molecule has 80 valence electrons. The maximum Gasteiger partial charge on any atom is 0.243 e. The van der Waals surface area contributed by atoms with Crippen LogP contribution in [0.3, 0.4) is 0 Å². The molecule has 0 aromatic heterocycles. The highest BCUT2D eigenvalue weighted by molar-refractivity contribution is 9.10. The Bertz CT molecular complexity index is 554. The summed E-state index contributed by atoms with van der Waals surface area (Å²) in [5, 5.41) is 2.63. The standard InChI is InChI=1S/C11H6BrNO3/c12-5-1-2-8-6(3-5)11(10(16)13-8)7(4-14)9(11)15/h1-4,7H,(H,13,16). The Morgan fingerprint density at radius 1 is 1.38 bits per heavy atom. The molecule has 1 heterocycles. The molecule has 2 unspecified atom stereocenters. The van der Waals surface area contributed by atoms with Gasteiger partial charge in [-0.05, 0) is 18.2 Å². The van der Waals surface area contributed by atoms with Crippen LogP contribution in [0.15, 0.2) is 22.7 Å². The molecule has 0 saturated heterocycles. The average Bonchev–Trinajstić information content (AvgIpc) is 2.76. The van der Waals surface area contributed by atoms with Crippen LogP contribution >= 0.6 is 15.9 Å². The van der Waals surface area contributed by atoms with E-state index < -0.39 is 11.3 Å². The Hall–Kier alpha value is -1.49. The zero-order valence-corrected chi connectivity index (χ0v) is 9.58. The first-order valence-electron chi connectivity index (χ1n) is 4.73. The predicted octanol–water partition coefficient (Wildman–Crippen LogP) is 1.04. The molecule has 1 amide bonds. The van der Waals surface area contributed by atoms with Crippen LogP contribution in [-0.4, -0.2) is 18.0 Å². The number of ketones is 1. The minimum absolute atomic E-state index is 0.308. The van der Waals surface area contributed by atoms with Gasteiger partial charge in [0.2, 0.25) is 5.91 Å². The quantitative estimate of drug-likeness (QED) is 0.617. The second-order valence-corrected chi connectivity index (χ2v) is 4.85. The third-order valence-corrected chi connectivity index (χ3v) is 3.70. The Labute approximate surface area is 99.1 Å². The minimum atomic E-state index is -1.24. The molecule has 1 aliphatic carbocycles. The summed E-state index contributed by atoms with van der Waals surface area (Å²) in [7, 11) is 0. The van der Waals surface area contributed by atoms with E-state index in [9.17, 15) is 14.4 Å². The van der Waals surface area contributed by atoms with Crippen LogP contribution in [0.5, 0.6) is 0 Å². The van der Waals surface area contributed by atoms with Gasteiger partial charge in [-0.3, -0.25) is 9.59 Å². The van der Waals surface area contributed by atoms with Crippen molar-refractivity contribution >= 4 is 39.6 Å². The van der Waals surface area contributed by atoms with Crippen molar-refractivity contribution in [2.24, 2.45) is 5.92 Å². The Morgan fingerprint density at radius 3 is 2.75 bits per heavy atom. The molecule has 4 nitrogen and oxygen atoms in total. The van der Waals surface area contributed by atoms with Crippen LogP contribution in [0.2, 0.25) is 0 Å². The van der Waals surface area contributed by atoms with E-state index in [4.69, 9.17) is 0 Å². The number of rotatable bonds is 1. The Kier molecular flexibility index (Phi) is 1.70. The highest BCUT2D eigenvalue weighted by Gasteiger charge is 2.74. The zero-order chi connectivity index (χ0) is 11.5. The minimum Gasteiger partial charge on any atom is -0.325 e. The van der Waals surface area contributed by atoms with Crippen molar-refractivity contribution in [1.29, 1.82) is 0 Å². The van der Waals surface area contributed by atoms with Gasteiger partial charge in [0.25, 0.3) is 0 Å². The van der Waals surface area contributed by atoms with Crippen molar-refractivity contribution in [2.75, 3.05) is 5.32 Å². The SMILES string of the molecule is O=CC1C(=O)C12C(=O)Nc1ccc(Br)cc12. The maximum absolute atomic E-state index is 11.8. The van der Waals surface area contributed by atoms with E-state index in [-0.39, 0.29) is 11.7 Å². The van der Waals surface area contributed by atoms with Crippen LogP contribution in [0.25, 0.3) is 0 Å². The van der Waals surface area contributed by atoms with Crippen LogP contribution in [-0.2, 0) is 19.8 Å². The molecule has 2 atom stereocenters. The summed E-state index contributed by atoms with van der Waals surface area (Å²) in [5.41, 5.74) is -0.0131. The lowest BCUT2D eigenvalue weighted by molar-refractivity contribution is -0.121. The fourth-order valence-corrected chi connectivity index (χ4v) is 2.70. The molecule has 0 bridgehead atoms. The molecular weight excluding hydrogens is 274 g/mol. The molecule has 1 aromatic carbocycles. The highest BCUT2D eigenvalue weighted by Crippen LogP contribution is 2.55. The first-order chi connectivity index (χ1) is 7.62. The van der Waals surface area contributed by atoms with Crippen LogP contribution in [0, 0.1) is 5.92 Å².